The van der Waals surface area contributed by atoms with Crippen LogP contribution in [0.2, 0.25) is 4.34 Å². The summed E-state index contributed by atoms with van der Waals surface area (Å²) in [5, 5.41) is 8.19. The van der Waals surface area contributed by atoms with E-state index < -0.39 is 11.7 Å². The summed E-state index contributed by atoms with van der Waals surface area (Å²) in [5.41, 5.74) is 0.683. The number of thiophene rings is 1. The summed E-state index contributed by atoms with van der Waals surface area (Å²) in [7, 11) is 0. The fraction of sp³-hybridized carbons (Fsp3) is 0.643. The Morgan fingerprint density at radius 2 is 2.10 bits per heavy atom. The lowest BCUT2D eigenvalue weighted by Crippen LogP contribution is -2.43. The third-order valence-corrected chi connectivity index (χ3v) is 3.69. The van der Waals surface area contributed by atoms with Crippen LogP contribution in [0.3, 0.4) is 0 Å². The number of carbonyl (C=O) groups excluding carboxylic acids is 1. The molecule has 0 aliphatic rings. The second-order valence-electron chi connectivity index (χ2n) is 5.86. The smallest absolute Gasteiger partial charge is 0.407 e. The second-order valence-corrected chi connectivity index (χ2v) is 7.40. The van der Waals surface area contributed by atoms with Gasteiger partial charge >= 0.3 is 6.09 Å². The van der Waals surface area contributed by atoms with Crippen molar-refractivity contribution in [3.8, 4) is 0 Å². The zero-order valence-electron chi connectivity index (χ0n) is 12.6. The average molecular weight is 319 g/mol. The highest BCUT2D eigenvalue weighted by atomic mass is 35.5. The Morgan fingerprint density at radius 3 is 2.60 bits per heavy atom. The highest BCUT2D eigenvalue weighted by Crippen LogP contribution is 2.24. The molecule has 0 aromatic carbocycles. The molecule has 1 aromatic heterocycles. The van der Waals surface area contributed by atoms with Gasteiger partial charge in [-0.25, -0.2) is 4.79 Å². The fourth-order valence-electron chi connectivity index (χ4n) is 1.58. The van der Waals surface area contributed by atoms with Crippen LogP contribution in [-0.4, -0.2) is 24.3 Å². The first-order valence-electron chi connectivity index (χ1n) is 6.64. The van der Waals surface area contributed by atoms with Crippen LogP contribution in [0.15, 0.2) is 11.4 Å². The molecule has 0 bridgehead atoms. The van der Waals surface area contributed by atoms with Crippen molar-refractivity contribution in [1.29, 1.82) is 0 Å². The molecule has 1 heterocycles. The number of alkyl carbamates (subject to hydrolysis) is 1. The molecule has 0 aliphatic carbocycles. The summed E-state index contributed by atoms with van der Waals surface area (Å²) >= 11 is 7.43. The van der Waals surface area contributed by atoms with Crippen LogP contribution >= 0.6 is 22.9 Å². The van der Waals surface area contributed by atoms with Gasteiger partial charge in [0.2, 0.25) is 0 Å². The summed E-state index contributed by atoms with van der Waals surface area (Å²) < 4.78 is 6.00. The van der Waals surface area contributed by atoms with Crippen LogP contribution in [-0.2, 0) is 4.74 Å². The van der Waals surface area contributed by atoms with Gasteiger partial charge in [0.1, 0.15) is 5.60 Å². The molecule has 0 aliphatic heterocycles. The van der Waals surface area contributed by atoms with Gasteiger partial charge in [-0.05, 0) is 51.6 Å². The van der Waals surface area contributed by atoms with E-state index in [9.17, 15) is 4.79 Å². The molecule has 0 radical (unpaired) electrons. The molecule has 0 fully saturated rings. The number of hydrogen-bond donors (Lipinski definition) is 2. The number of rotatable bonds is 5. The SMILES string of the molecule is CC(CNC(C)c1csc(Cl)c1)NC(=O)OC(C)(C)C. The number of halogens is 1. The number of nitrogens with one attached hydrogen (secondary N) is 2. The molecule has 0 spiro atoms. The molecular formula is C14H23ClN2O2S. The van der Waals surface area contributed by atoms with E-state index in [1.807, 2.05) is 39.1 Å². The summed E-state index contributed by atoms with van der Waals surface area (Å²) in [6.45, 7) is 10.2. The highest BCUT2D eigenvalue weighted by molar-refractivity contribution is 7.14. The maximum absolute atomic E-state index is 11.6. The lowest BCUT2D eigenvalue weighted by molar-refractivity contribution is 0.0507. The van der Waals surface area contributed by atoms with Crippen molar-refractivity contribution in [3.63, 3.8) is 0 Å². The van der Waals surface area contributed by atoms with Crippen molar-refractivity contribution in [3.05, 3.63) is 21.3 Å². The second kappa shape index (κ2) is 7.29. The van der Waals surface area contributed by atoms with Gasteiger partial charge in [0.15, 0.2) is 0 Å². The highest BCUT2D eigenvalue weighted by Gasteiger charge is 2.18. The van der Waals surface area contributed by atoms with E-state index in [4.69, 9.17) is 16.3 Å². The van der Waals surface area contributed by atoms with Gasteiger partial charge in [-0.15, -0.1) is 11.3 Å². The number of ether oxygens (including phenoxy) is 1. The molecule has 20 heavy (non-hydrogen) atoms. The Balaban J connectivity index is 2.32. The average Bonchev–Trinajstić information content (AvgIpc) is 2.70. The van der Waals surface area contributed by atoms with Gasteiger partial charge in [-0.3, -0.25) is 0 Å². The molecule has 1 amide bonds. The number of amides is 1. The normalized spacial score (nSPS) is 14.7. The quantitative estimate of drug-likeness (QED) is 0.863. The van der Waals surface area contributed by atoms with Crippen molar-refractivity contribution in [2.24, 2.45) is 0 Å². The van der Waals surface area contributed by atoms with E-state index in [-0.39, 0.29) is 12.1 Å². The first-order chi connectivity index (χ1) is 9.17. The summed E-state index contributed by atoms with van der Waals surface area (Å²) in [4.78, 5) is 11.6. The van der Waals surface area contributed by atoms with E-state index >= 15 is 0 Å². The molecule has 2 N–H and O–H groups in total. The van der Waals surface area contributed by atoms with Crippen LogP contribution in [0.1, 0.15) is 46.2 Å². The van der Waals surface area contributed by atoms with Crippen molar-refractivity contribution in [1.82, 2.24) is 10.6 Å². The minimum absolute atomic E-state index is 0.0126. The predicted octanol–water partition coefficient (Wildman–Crippen LogP) is 3.97. The van der Waals surface area contributed by atoms with Crippen molar-refractivity contribution in [2.75, 3.05) is 6.54 Å². The summed E-state index contributed by atoms with van der Waals surface area (Å²) in [6.07, 6.45) is -0.391. The predicted molar refractivity (Wildman–Crippen MR) is 84.6 cm³/mol. The summed E-state index contributed by atoms with van der Waals surface area (Å²) in [5.74, 6) is 0. The molecule has 4 nitrogen and oxygen atoms in total. The van der Waals surface area contributed by atoms with E-state index in [0.717, 1.165) is 9.90 Å². The van der Waals surface area contributed by atoms with Crippen LogP contribution in [0.4, 0.5) is 4.79 Å². The minimum atomic E-state index is -0.474. The molecule has 0 saturated carbocycles. The monoisotopic (exact) mass is 318 g/mol. The van der Waals surface area contributed by atoms with E-state index in [0.29, 0.717) is 6.54 Å². The molecule has 6 heteroatoms. The van der Waals surface area contributed by atoms with E-state index in [1.54, 1.807) is 0 Å². The molecule has 0 saturated heterocycles. The topological polar surface area (TPSA) is 50.4 Å². The lowest BCUT2D eigenvalue weighted by atomic mass is 10.2. The van der Waals surface area contributed by atoms with Crippen LogP contribution in [0, 0.1) is 0 Å². The number of hydrogen-bond acceptors (Lipinski definition) is 4. The van der Waals surface area contributed by atoms with E-state index in [2.05, 4.69) is 17.6 Å². The number of carbonyl (C=O) groups is 1. The first kappa shape index (κ1) is 17.3. The van der Waals surface area contributed by atoms with Gasteiger partial charge in [0.05, 0.1) is 4.34 Å². The molecule has 1 rings (SSSR count). The fourth-order valence-corrected chi connectivity index (χ4v) is 2.57. The molecule has 1 aromatic rings. The van der Waals surface area contributed by atoms with Crippen LogP contribution in [0.25, 0.3) is 0 Å². The van der Waals surface area contributed by atoms with Gasteiger partial charge in [-0.1, -0.05) is 11.6 Å². The third kappa shape index (κ3) is 6.59. The zero-order chi connectivity index (χ0) is 15.3. The van der Waals surface area contributed by atoms with Gasteiger partial charge in [0, 0.05) is 18.6 Å². The summed E-state index contributed by atoms with van der Waals surface area (Å²) in [6, 6.07) is 2.14. The van der Waals surface area contributed by atoms with Gasteiger partial charge in [-0.2, -0.15) is 0 Å². The Labute approximate surface area is 129 Å². The van der Waals surface area contributed by atoms with Crippen LogP contribution < -0.4 is 10.6 Å². The molecule has 2 unspecified atom stereocenters. The van der Waals surface area contributed by atoms with E-state index in [1.165, 1.54) is 11.3 Å². The molecule has 2 atom stereocenters. The largest absolute Gasteiger partial charge is 0.444 e. The Bertz CT molecular complexity index is 443. The van der Waals surface area contributed by atoms with Crippen LogP contribution in [0.5, 0.6) is 0 Å². The molecule has 114 valence electrons. The van der Waals surface area contributed by atoms with Crippen molar-refractivity contribution < 1.29 is 9.53 Å². The lowest BCUT2D eigenvalue weighted by Gasteiger charge is -2.23. The van der Waals surface area contributed by atoms with Gasteiger partial charge < -0.3 is 15.4 Å². The first-order valence-corrected chi connectivity index (χ1v) is 7.90. The van der Waals surface area contributed by atoms with Crippen molar-refractivity contribution >= 4 is 29.0 Å². The Kier molecular flexibility index (Phi) is 6.30. The van der Waals surface area contributed by atoms with Crippen molar-refractivity contribution in [2.45, 2.75) is 52.3 Å². The maximum Gasteiger partial charge on any atom is 0.407 e. The Morgan fingerprint density at radius 1 is 1.45 bits per heavy atom. The maximum atomic E-state index is 11.6. The molecular weight excluding hydrogens is 296 g/mol. The third-order valence-electron chi connectivity index (χ3n) is 2.58. The Hall–Kier alpha value is -0.780. The minimum Gasteiger partial charge on any atom is -0.444 e. The van der Waals surface area contributed by atoms with Gasteiger partial charge in [0.25, 0.3) is 0 Å². The standard InChI is InChI=1S/C14H23ClN2O2S/c1-9(17-13(18)19-14(3,4)5)7-16-10(2)11-6-12(15)20-8-11/h6,8-10,16H,7H2,1-5H3,(H,17,18). The zero-order valence-corrected chi connectivity index (χ0v) is 14.2.